The van der Waals surface area contributed by atoms with E-state index in [1.54, 1.807) is 33.9 Å². The van der Waals surface area contributed by atoms with Crippen molar-refractivity contribution in [2.45, 2.75) is 12.6 Å². The van der Waals surface area contributed by atoms with Gasteiger partial charge in [-0.2, -0.15) is 0 Å². The van der Waals surface area contributed by atoms with Crippen molar-refractivity contribution in [3.63, 3.8) is 0 Å². The first kappa shape index (κ1) is 22.0. The highest BCUT2D eigenvalue weighted by Crippen LogP contribution is 2.30. The van der Waals surface area contributed by atoms with Gasteiger partial charge in [-0.25, -0.2) is 0 Å². The first-order valence-electron chi connectivity index (χ1n) is 11.2. The first-order valence-corrected chi connectivity index (χ1v) is 11.2. The fourth-order valence-electron chi connectivity index (χ4n) is 4.19. The number of Topliss-reactive ketones (excluding diaryl/α,β-unsaturated/α-hetero) is 1. The van der Waals surface area contributed by atoms with Gasteiger partial charge in [-0.1, -0.05) is 30.3 Å². The number of carbonyl (C=O) groups excluding carboxylic acids is 3. The van der Waals surface area contributed by atoms with E-state index in [2.05, 4.69) is 5.32 Å². The number of amides is 2. The van der Waals surface area contributed by atoms with Crippen molar-refractivity contribution in [3.8, 4) is 11.5 Å². The largest absolute Gasteiger partial charge is 0.486 e. The summed E-state index contributed by atoms with van der Waals surface area (Å²) in [5.74, 6) is -0.189. The minimum Gasteiger partial charge on any atom is -0.486 e. The van der Waals surface area contributed by atoms with Crippen molar-refractivity contribution >= 4 is 28.5 Å². The van der Waals surface area contributed by atoms with Crippen LogP contribution in [0.2, 0.25) is 0 Å². The van der Waals surface area contributed by atoms with Crippen LogP contribution in [0, 0.1) is 0 Å². The average Bonchev–Trinajstić information content (AvgIpc) is 3.25. The second kappa shape index (κ2) is 9.56. The molecule has 1 saturated heterocycles. The highest BCUT2D eigenvalue weighted by molar-refractivity contribution is 6.45. The normalized spacial score (nSPS) is 17.4. The van der Waals surface area contributed by atoms with Gasteiger partial charge in [-0.05, 0) is 18.2 Å². The van der Waals surface area contributed by atoms with Crippen molar-refractivity contribution in [3.05, 3.63) is 60.3 Å². The molecule has 0 spiro atoms. The Hall–Kier alpha value is -3.85. The van der Waals surface area contributed by atoms with Crippen molar-refractivity contribution in [1.82, 2.24) is 14.8 Å². The Morgan fingerprint density at radius 3 is 2.53 bits per heavy atom. The zero-order valence-corrected chi connectivity index (χ0v) is 18.6. The molecule has 9 heteroatoms. The number of hydrogen-bond acceptors (Lipinski definition) is 6. The van der Waals surface area contributed by atoms with Crippen LogP contribution < -0.4 is 14.8 Å². The molecule has 176 valence electrons. The van der Waals surface area contributed by atoms with Crippen LogP contribution in [-0.4, -0.2) is 72.6 Å². The number of benzene rings is 2. The number of nitrogens with one attached hydrogen (secondary N) is 1. The summed E-state index contributed by atoms with van der Waals surface area (Å²) in [5, 5.41) is 3.28. The molecule has 1 aromatic heterocycles. The maximum absolute atomic E-state index is 13.0. The lowest BCUT2D eigenvalue weighted by molar-refractivity contribution is -0.135. The van der Waals surface area contributed by atoms with Gasteiger partial charge < -0.3 is 29.0 Å². The quantitative estimate of drug-likeness (QED) is 0.441. The number of fused-ring (bicyclic) bond motifs is 2. The molecule has 1 N–H and O–H groups in total. The van der Waals surface area contributed by atoms with E-state index in [0.717, 1.165) is 5.52 Å². The predicted molar refractivity (Wildman–Crippen MR) is 123 cm³/mol. The maximum Gasteiger partial charge on any atom is 0.292 e. The number of aromatic nitrogens is 1. The van der Waals surface area contributed by atoms with Crippen LogP contribution >= 0.6 is 0 Å². The Morgan fingerprint density at radius 2 is 1.71 bits per heavy atom. The number of nitrogens with zero attached hydrogens (tertiary/aromatic N) is 2. The molecule has 34 heavy (non-hydrogen) atoms. The summed E-state index contributed by atoms with van der Waals surface area (Å²) < 4.78 is 18.5. The van der Waals surface area contributed by atoms with E-state index in [-0.39, 0.29) is 31.2 Å². The van der Waals surface area contributed by atoms with Crippen LogP contribution in [0.3, 0.4) is 0 Å². The highest BCUT2D eigenvalue weighted by Gasteiger charge is 2.26. The summed E-state index contributed by atoms with van der Waals surface area (Å²) >= 11 is 0. The van der Waals surface area contributed by atoms with E-state index in [1.165, 1.54) is 0 Å². The fourth-order valence-corrected chi connectivity index (χ4v) is 4.19. The van der Waals surface area contributed by atoms with Crippen LogP contribution in [0.25, 0.3) is 10.9 Å². The Labute approximate surface area is 196 Å². The van der Waals surface area contributed by atoms with Gasteiger partial charge in [0.05, 0.1) is 25.3 Å². The van der Waals surface area contributed by atoms with Gasteiger partial charge in [-0.3, -0.25) is 14.4 Å². The number of rotatable bonds is 6. The predicted octanol–water partition coefficient (Wildman–Crippen LogP) is 1.64. The lowest BCUT2D eigenvalue weighted by atomic mass is 10.1. The maximum atomic E-state index is 13.0. The standard InChI is InChI=1S/C25H25N3O6/c29-23(27-9-11-32-12-10-27)15-28-14-19(18-5-1-2-6-20(18)28)24(30)25(31)26-13-17-16-33-21-7-3-4-8-22(21)34-17/h1-8,14,17H,9-13,15-16H2,(H,26,31)/t17-/m0/s1. The molecule has 3 aromatic rings. The topological polar surface area (TPSA) is 99.1 Å². The molecular formula is C25H25N3O6. The first-order chi connectivity index (χ1) is 16.6. The molecule has 5 rings (SSSR count). The molecular weight excluding hydrogens is 438 g/mol. The summed E-state index contributed by atoms with van der Waals surface area (Å²) in [6, 6.07) is 14.6. The monoisotopic (exact) mass is 463 g/mol. The van der Waals surface area contributed by atoms with Gasteiger partial charge in [0.25, 0.3) is 11.7 Å². The van der Waals surface area contributed by atoms with Crippen LogP contribution in [0.15, 0.2) is 54.7 Å². The molecule has 9 nitrogen and oxygen atoms in total. The smallest absolute Gasteiger partial charge is 0.292 e. The van der Waals surface area contributed by atoms with Gasteiger partial charge in [0.2, 0.25) is 5.91 Å². The molecule has 0 aliphatic carbocycles. The van der Waals surface area contributed by atoms with E-state index in [0.29, 0.717) is 43.2 Å². The second-order valence-corrected chi connectivity index (χ2v) is 8.22. The summed E-state index contributed by atoms with van der Waals surface area (Å²) in [6.07, 6.45) is 1.18. The number of ether oxygens (including phenoxy) is 3. The van der Waals surface area contributed by atoms with E-state index >= 15 is 0 Å². The molecule has 0 saturated carbocycles. The Kier molecular flexibility index (Phi) is 6.18. The number of carbonyl (C=O) groups is 3. The minimum absolute atomic E-state index is 0.0535. The molecule has 0 radical (unpaired) electrons. The van der Waals surface area contributed by atoms with Gasteiger partial charge in [0, 0.05) is 30.2 Å². The third-order valence-electron chi connectivity index (χ3n) is 5.97. The number of morpholine rings is 1. The van der Waals surface area contributed by atoms with Crippen molar-refractivity contribution in [1.29, 1.82) is 0 Å². The van der Waals surface area contributed by atoms with E-state index in [1.807, 2.05) is 30.3 Å². The summed E-state index contributed by atoms with van der Waals surface area (Å²) in [5.41, 5.74) is 0.981. The molecule has 3 heterocycles. The molecule has 2 aromatic carbocycles. The molecule has 2 amide bonds. The van der Waals surface area contributed by atoms with E-state index in [9.17, 15) is 14.4 Å². The van der Waals surface area contributed by atoms with Crippen LogP contribution in [-0.2, 0) is 20.9 Å². The van der Waals surface area contributed by atoms with E-state index < -0.39 is 17.8 Å². The second-order valence-electron chi connectivity index (χ2n) is 8.22. The summed E-state index contributed by atoms with van der Waals surface area (Å²) in [4.78, 5) is 40.2. The fraction of sp³-hybridized carbons (Fsp3) is 0.320. The molecule has 0 bridgehead atoms. The molecule has 2 aliphatic heterocycles. The summed E-state index contributed by atoms with van der Waals surface area (Å²) in [6.45, 7) is 2.61. The minimum atomic E-state index is -0.732. The highest BCUT2D eigenvalue weighted by atomic mass is 16.6. The molecule has 1 fully saturated rings. The molecule has 0 unspecified atom stereocenters. The molecule has 1 atom stereocenters. The Bertz CT molecular complexity index is 1230. The SMILES string of the molecule is O=C(NC[C@H]1COc2ccccc2O1)C(=O)c1cn(CC(=O)N2CCOCC2)c2ccccc12. The van der Waals surface area contributed by atoms with Crippen molar-refractivity contribution < 1.29 is 28.6 Å². The third kappa shape index (κ3) is 4.47. The van der Waals surface area contributed by atoms with Crippen molar-refractivity contribution in [2.75, 3.05) is 39.5 Å². The number of para-hydroxylation sites is 3. The van der Waals surface area contributed by atoms with Gasteiger partial charge in [0.1, 0.15) is 19.3 Å². The Balaban J connectivity index is 1.27. The van der Waals surface area contributed by atoms with E-state index in [4.69, 9.17) is 14.2 Å². The number of ketones is 1. The average molecular weight is 463 g/mol. The van der Waals surface area contributed by atoms with Crippen molar-refractivity contribution in [2.24, 2.45) is 0 Å². The van der Waals surface area contributed by atoms with Crippen LogP contribution in [0.1, 0.15) is 10.4 Å². The zero-order valence-electron chi connectivity index (χ0n) is 18.6. The van der Waals surface area contributed by atoms with Crippen LogP contribution in [0.4, 0.5) is 0 Å². The van der Waals surface area contributed by atoms with Gasteiger partial charge >= 0.3 is 0 Å². The summed E-state index contributed by atoms with van der Waals surface area (Å²) in [7, 11) is 0. The lowest BCUT2D eigenvalue weighted by Crippen LogP contribution is -2.43. The lowest BCUT2D eigenvalue weighted by Gasteiger charge is -2.27. The van der Waals surface area contributed by atoms with Gasteiger partial charge in [0.15, 0.2) is 11.5 Å². The third-order valence-corrected chi connectivity index (χ3v) is 5.97. The Morgan fingerprint density at radius 1 is 0.971 bits per heavy atom. The van der Waals surface area contributed by atoms with Gasteiger partial charge in [-0.15, -0.1) is 0 Å². The zero-order chi connectivity index (χ0) is 23.5. The van der Waals surface area contributed by atoms with Crippen LogP contribution in [0.5, 0.6) is 11.5 Å². The molecule has 2 aliphatic rings. The number of hydrogen-bond donors (Lipinski definition) is 1.